The fraction of sp³-hybridized carbons (Fsp3) is 0.571. The molecule has 2 bridgehead atoms. The zero-order chi connectivity index (χ0) is 25.2. The van der Waals surface area contributed by atoms with Crippen LogP contribution in [0.2, 0.25) is 0 Å². The van der Waals surface area contributed by atoms with Gasteiger partial charge in [0, 0.05) is 37.4 Å². The first-order valence-electron chi connectivity index (χ1n) is 13.5. The van der Waals surface area contributed by atoms with Crippen LogP contribution in [-0.2, 0) is 4.74 Å². The lowest BCUT2D eigenvalue weighted by Gasteiger charge is -2.46. The summed E-state index contributed by atoms with van der Waals surface area (Å²) in [6.45, 7) is 2.64. The summed E-state index contributed by atoms with van der Waals surface area (Å²) in [4.78, 5) is 11.0. The molecule has 0 amide bonds. The zero-order valence-electron chi connectivity index (χ0n) is 21.1. The highest BCUT2D eigenvalue weighted by Gasteiger charge is 2.47. The first-order valence-corrected chi connectivity index (χ1v) is 13.5. The van der Waals surface area contributed by atoms with E-state index in [9.17, 15) is 10.2 Å². The number of ether oxygens (including phenoxy) is 2. The minimum atomic E-state index is -0.751. The maximum Gasteiger partial charge on any atom is 0.146 e. The van der Waals surface area contributed by atoms with E-state index in [0.29, 0.717) is 44.5 Å². The highest BCUT2D eigenvalue weighted by atomic mass is 16.6. The Kier molecular flexibility index (Phi) is 5.48. The van der Waals surface area contributed by atoms with E-state index in [0.717, 1.165) is 66.6 Å². The Balaban J connectivity index is 1.13. The number of aromatic nitrogens is 3. The average molecular weight is 506 g/mol. The summed E-state index contributed by atoms with van der Waals surface area (Å²) in [6.07, 6.45) is 10.2. The molecule has 1 atom stereocenters. The van der Waals surface area contributed by atoms with E-state index in [2.05, 4.69) is 37.8 Å². The Bertz CT molecular complexity index is 1310. The van der Waals surface area contributed by atoms with Gasteiger partial charge in [0.2, 0.25) is 0 Å². The molecule has 3 aliphatic heterocycles. The second-order valence-electron chi connectivity index (χ2n) is 11.7. The smallest absolute Gasteiger partial charge is 0.146 e. The van der Waals surface area contributed by atoms with Gasteiger partial charge in [0.25, 0.3) is 0 Å². The van der Waals surface area contributed by atoms with Gasteiger partial charge in [-0.25, -0.2) is 9.97 Å². The van der Waals surface area contributed by atoms with E-state index in [1.807, 2.05) is 12.1 Å². The summed E-state index contributed by atoms with van der Waals surface area (Å²) >= 11 is 0. The Morgan fingerprint density at radius 2 is 2.00 bits per heavy atom. The minimum absolute atomic E-state index is 0.122. The molecule has 0 spiro atoms. The van der Waals surface area contributed by atoms with Gasteiger partial charge < -0.3 is 30.0 Å². The van der Waals surface area contributed by atoms with Crippen molar-refractivity contribution in [2.75, 3.05) is 32.0 Å². The Hall–Kier alpha value is -2.72. The number of β-amino-alcohol motifs (C(OH)–C–C–N with tert-alkyl or cyclic N) is 2. The summed E-state index contributed by atoms with van der Waals surface area (Å²) in [7, 11) is 0. The standard InChI is InChI=1S/C28H35N5O4/c29-25-24-23(18-2-1-3-22(10-18)36-16-28-7-4-21(37-28)5-8-28)14-33(26(24)31-17-30-25)19-11-27(35,12-19)15-32-9-6-20(34)13-32/h1-3,10,14,17,19-21,34-35H,4-9,11-13,15-16H2,(H2,29,30,31)/t19?,20-,21?,27?,28?/m0/s1. The molecule has 4 aliphatic rings. The van der Waals surface area contributed by atoms with Gasteiger partial charge in [-0.2, -0.15) is 0 Å². The summed E-state index contributed by atoms with van der Waals surface area (Å²) < 4.78 is 14.6. The molecule has 5 heterocycles. The number of benzene rings is 1. The number of aliphatic hydroxyl groups excluding tert-OH is 1. The molecule has 3 aromatic rings. The van der Waals surface area contributed by atoms with Gasteiger partial charge in [0.1, 0.15) is 35.7 Å². The molecule has 1 saturated carbocycles. The molecule has 7 rings (SSSR count). The molecule has 4 fully saturated rings. The van der Waals surface area contributed by atoms with E-state index in [-0.39, 0.29) is 17.7 Å². The number of nitrogens with zero attached hydrogens (tertiary/aromatic N) is 4. The van der Waals surface area contributed by atoms with Crippen molar-refractivity contribution in [3.8, 4) is 16.9 Å². The van der Waals surface area contributed by atoms with Crippen molar-refractivity contribution in [2.45, 2.75) is 74.4 Å². The molecule has 1 aliphatic carbocycles. The fourth-order valence-corrected chi connectivity index (χ4v) is 6.97. The third-order valence-corrected chi connectivity index (χ3v) is 8.94. The lowest BCUT2D eigenvalue weighted by molar-refractivity contribution is -0.0849. The molecule has 196 valence electrons. The molecule has 3 saturated heterocycles. The molecule has 0 radical (unpaired) electrons. The molecule has 0 unspecified atom stereocenters. The number of hydrogen-bond acceptors (Lipinski definition) is 8. The lowest BCUT2D eigenvalue weighted by Crippen LogP contribution is -2.52. The molecule has 37 heavy (non-hydrogen) atoms. The molecule has 9 nitrogen and oxygen atoms in total. The van der Waals surface area contributed by atoms with Crippen molar-refractivity contribution in [1.82, 2.24) is 19.4 Å². The summed E-state index contributed by atoms with van der Waals surface area (Å²) in [6, 6.07) is 8.23. The number of nitrogens with two attached hydrogens (primary N) is 1. The van der Waals surface area contributed by atoms with Gasteiger partial charge in [-0.1, -0.05) is 12.1 Å². The molecular weight excluding hydrogens is 470 g/mol. The van der Waals surface area contributed by atoms with Crippen LogP contribution >= 0.6 is 0 Å². The predicted octanol–water partition coefficient (Wildman–Crippen LogP) is 2.90. The Morgan fingerprint density at radius 1 is 1.16 bits per heavy atom. The monoisotopic (exact) mass is 505 g/mol. The number of anilines is 1. The molecule has 9 heteroatoms. The summed E-state index contributed by atoms with van der Waals surface area (Å²) in [5.41, 5.74) is 8.25. The zero-order valence-corrected chi connectivity index (χ0v) is 21.1. The van der Waals surface area contributed by atoms with Crippen molar-refractivity contribution >= 4 is 16.9 Å². The third-order valence-electron chi connectivity index (χ3n) is 8.94. The van der Waals surface area contributed by atoms with E-state index in [1.54, 1.807) is 0 Å². The predicted molar refractivity (Wildman–Crippen MR) is 139 cm³/mol. The number of aliphatic hydroxyl groups is 2. The van der Waals surface area contributed by atoms with Crippen molar-refractivity contribution in [3.05, 3.63) is 36.8 Å². The van der Waals surface area contributed by atoms with Crippen molar-refractivity contribution in [3.63, 3.8) is 0 Å². The first-order chi connectivity index (χ1) is 17.9. The quantitative estimate of drug-likeness (QED) is 0.449. The maximum absolute atomic E-state index is 11.1. The van der Waals surface area contributed by atoms with E-state index in [1.165, 1.54) is 6.33 Å². The number of fused-ring (bicyclic) bond motifs is 3. The van der Waals surface area contributed by atoms with Gasteiger partial charge in [-0.05, 0) is 62.6 Å². The van der Waals surface area contributed by atoms with Gasteiger partial charge in [-0.3, -0.25) is 4.90 Å². The molecule has 2 aromatic heterocycles. The van der Waals surface area contributed by atoms with Crippen LogP contribution in [0.25, 0.3) is 22.2 Å². The van der Waals surface area contributed by atoms with E-state index >= 15 is 0 Å². The number of nitrogen functional groups attached to an aromatic ring is 1. The van der Waals surface area contributed by atoms with E-state index < -0.39 is 5.60 Å². The number of rotatable bonds is 7. The Morgan fingerprint density at radius 3 is 2.73 bits per heavy atom. The first kappa shape index (κ1) is 23.4. The van der Waals surface area contributed by atoms with Crippen LogP contribution in [0.5, 0.6) is 5.75 Å². The van der Waals surface area contributed by atoms with Crippen LogP contribution in [0, 0.1) is 0 Å². The van der Waals surface area contributed by atoms with Gasteiger partial charge >= 0.3 is 0 Å². The third kappa shape index (κ3) is 4.18. The topological polar surface area (TPSA) is 119 Å². The van der Waals surface area contributed by atoms with Crippen molar-refractivity contribution in [2.24, 2.45) is 0 Å². The molecular formula is C28H35N5O4. The van der Waals surface area contributed by atoms with Crippen molar-refractivity contribution in [1.29, 1.82) is 0 Å². The summed E-state index contributed by atoms with van der Waals surface area (Å²) in [5.74, 6) is 1.26. The summed E-state index contributed by atoms with van der Waals surface area (Å²) in [5, 5.41) is 21.8. The lowest BCUT2D eigenvalue weighted by atomic mass is 9.75. The highest BCUT2D eigenvalue weighted by Crippen LogP contribution is 2.46. The van der Waals surface area contributed by atoms with Crippen LogP contribution in [0.1, 0.15) is 51.0 Å². The maximum atomic E-state index is 11.1. The molecule has 4 N–H and O–H groups in total. The van der Waals surface area contributed by atoms with Gasteiger partial charge in [0.15, 0.2) is 0 Å². The second kappa shape index (κ2) is 8.66. The van der Waals surface area contributed by atoms with E-state index in [4.69, 9.17) is 15.2 Å². The number of hydrogen-bond donors (Lipinski definition) is 3. The van der Waals surface area contributed by atoms with Gasteiger partial charge in [0.05, 0.1) is 23.2 Å². The van der Waals surface area contributed by atoms with Crippen LogP contribution < -0.4 is 10.5 Å². The second-order valence-corrected chi connectivity index (χ2v) is 11.7. The SMILES string of the molecule is Nc1ncnc2c1c(-c1cccc(OCC34CCC(CC3)O4)c1)cn2C1CC(O)(CN2CC[C@H](O)C2)C1. The van der Waals surface area contributed by atoms with Crippen LogP contribution in [0.4, 0.5) is 5.82 Å². The van der Waals surface area contributed by atoms with Crippen LogP contribution in [0.15, 0.2) is 36.8 Å². The van der Waals surface area contributed by atoms with Crippen LogP contribution in [-0.4, -0.2) is 79.3 Å². The largest absolute Gasteiger partial charge is 0.491 e. The van der Waals surface area contributed by atoms with Crippen LogP contribution in [0.3, 0.4) is 0 Å². The Labute approximate surface area is 216 Å². The minimum Gasteiger partial charge on any atom is -0.491 e. The molecule has 1 aromatic carbocycles. The average Bonchev–Trinajstić information content (AvgIpc) is 3.65. The highest BCUT2D eigenvalue weighted by molar-refractivity contribution is 6.00. The van der Waals surface area contributed by atoms with Gasteiger partial charge in [-0.15, -0.1) is 0 Å². The number of likely N-dealkylation sites (tertiary alicyclic amines) is 1. The fourth-order valence-electron chi connectivity index (χ4n) is 6.97. The van der Waals surface area contributed by atoms with Crippen molar-refractivity contribution < 1.29 is 19.7 Å². The normalized spacial score (nSPS) is 33.3.